The Morgan fingerprint density at radius 3 is 2.80 bits per heavy atom. The van der Waals surface area contributed by atoms with Crippen LogP contribution in [0.3, 0.4) is 0 Å². The average Bonchev–Trinajstić information content (AvgIpc) is 3.22. The first kappa shape index (κ1) is 17.2. The summed E-state index contributed by atoms with van der Waals surface area (Å²) in [6.07, 6.45) is 0. The van der Waals surface area contributed by atoms with E-state index in [1.165, 1.54) is 18.3 Å². The van der Waals surface area contributed by atoms with Gasteiger partial charge in [-0.2, -0.15) is 0 Å². The number of furan rings is 1. The Hall–Kier alpha value is -2.64. The van der Waals surface area contributed by atoms with E-state index in [0.717, 1.165) is 0 Å². The van der Waals surface area contributed by atoms with Crippen molar-refractivity contribution in [1.82, 2.24) is 10.3 Å². The van der Waals surface area contributed by atoms with Crippen LogP contribution in [-0.4, -0.2) is 16.8 Å². The highest BCUT2D eigenvalue weighted by atomic mass is 35.5. The summed E-state index contributed by atoms with van der Waals surface area (Å²) in [6, 6.07) is 10.3. The van der Waals surface area contributed by atoms with Crippen LogP contribution in [0.15, 0.2) is 46.2 Å². The Morgan fingerprint density at radius 1 is 1.24 bits per heavy atom. The van der Waals surface area contributed by atoms with E-state index in [0.29, 0.717) is 39.5 Å². The van der Waals surface area contributed by atoms with Crippen molar-refractivity contribution in [3.8, 4) is 11.5 Å². The van der Waals surface area contributed by atoms with Crippen LogP contribution in [0.2, 0.25) is 5.02 Å². The predicted octanol–water partition coefficient (Wildman–Crippen LogP) is 3.94. The number of halogens is 1. The normalized spacial score (nSPS) is 10.5. The van der Waals surface area contributed by atoms with E-state index >= 15 is 0 Å². The van der Waals surface area contributed by atoms with Gasteiger partial charge in [0.05, 0.1) is 17.1 Å². The Bertz CT molecular complexity index is 919. The average molecular weight is 376 g/mol. The van der Waals surface area contributed by atoms with Gasteiger partial charge in [0.25, 0.3) is 5.91 Å². The van der Waals surface area contributed by atoms with Gasteiger partial charge in [-0.25, -0.2) is 4.98 Å². The third-order valence-corrected chi connectivity index (χ3v) is 4.36. The van der Waals surface area contributed by atoms with Crippen LogP contribution in [0.5, 0.6) is 0 Å². The minimum atomic E-state index is -0.322. The lowest BCUT2D eigenvalue weighted by Gasteiger charge is -2.03. The van der Waals surface area contributed by atoms with E-state index < -0.39 is 0 Å². The molecule has 0 aliphatic heterocycles. The van der Waals surface area contributed by atoms with Crippen molar-refractivity contribution in [1.29, 1.82) is 0 Å². The van der Waals surface area contributed by atoms with Gasteiger partial charge < -0.3 is 9.73 Å². The molecule has 0 bridgehead atoms. The maximum atomic E-state index is 12.2. The summed E-state index contributed by atoms with van der Waals surface area (Å²) < 4.78 is 5.64. The van der Waals surface area contributed by atoms with Gasteiger partial charge in [0, 0.05) is 12.3 Å². The molecule has 2 heterocycles. The maximum Gasteiger partial charge on any atom is 0.258 e. The highest BCUT2D eigenvalue weighted by Crippen LogP contribution is 2.27. The molecule has 25 heavy (non-hydrogen) atoms. The fraction of sp³-hybridized carbons (Fsp3) is 0.118. The van der Waals surface area contributed by atoms with Gasteiger partial charge in [-0.3, -0.25) is 14.9 Å². The second kappa shape index (κ2) is 7.50. The second-order valence-corrected chi connectivity index (χ2v) is 6.41. The largest absolute Gasteiger partial charge is 0.458 e. The Balaban J connectivity index is 1.69. The Kier molecular flexibility index (Phi) is 5.16. The molecule has 2 amide bonds. The lowest BCUT2D eigenvalue weighted by Crippen LogP contribution is -2.18. The van der Waals surface area contributed by atoms with Crippen molar-refractivity contribution >= 4 is 39.9 Å². The van der Waals surface area contributed by atoms with Crippen LogP contribution in [0.25, 0.3) is 11.5 Å². The first-order chi connectivity index (χ1) is 12.0. The molecule has 2 N–H and O–H groups in total. The lowest BCUT2D eigenvalue weighted by atomic mass is 10.2. The molecule has 0 aliphatic rings. The first-order valence-corrected chi connectivity index (χ1v) is 8.63. The van der Waals surface area contributed by atoms with Crippen LogP contribution in [0, 0.1) is 0 Å². The van der Waals surface area contributed by atoms with Crippen LogP contribution in [-0.2, 0) is 11.3 Å². The highest BCUT2D eigenvalue weighted by molar-refractivity contribution is 7.14. The monoisotopic (exact) mass is 375 g/mol. The molecule has 1 aromatic carbocycles. The summed E-state index contributed by atoms with van der Waals surface area (Å²) >= 11 is 7.30. The van der Waals surface area contributed by atoms with Gasteiger partial charge in [0.1, 0.15) is 11.5 Å². The van der Waals surface area contributed by atoms with Crippen LogP contribution >= 0.6 is 22.9 Å². The lowest BCUT2D eigenvalue weighted by molar-refractivity contribution is -0.119. The van der Waals surface area contributed by atoms with Gasteiger partial charge in [0.15, 0.2) is 10.9 Å². The molecule has 0 unspecified atom stereocenters. The van der Waals surface area contributed by atoms with Crippen molar-refractivity contribution in [3.05, 3.63) is 58.1 Å². The summed E-state index contributed by atoms with van der Waals surface area (Å²) in [7, 11) is 0. The first-order valence-electron chi connectivity index (χ1n) is 7.38. The standard InChI is InChI=1S/C17H14ClN3O3S/c1-10(22)19-8-11-6-7-15(24-11)14-9-25-17(20-14)21-16(23)12-4-2-3-5-13(12)18/h2-7,9H,8H2,1H3,(H,19,22)(H,20,21,23). The summed E-state index contributed by atoms with van der Waals surface area (Å²) in [5.74, 6) is 0.739. The molecule has 2 aromatic heterocycles. The summed E-state index contributed by atoms with van der Waals surface area (Å²) in [5, 5.41) is 7.99. The van der Waals surface area contributed by atoms with Crippen molar-refractivity contribution in [3.63, 3.8) is 0 Å². The Morgan fingerprint density at radius 2 is 2.04 bits per heavy atom. The molecular weight excluding hydrogens is 362 g/mol. The molecule has 6 nitrogen and oxygen atoms in total. The fourth-order valence-electron chi connectivity index (χ4n) is 2.08. The number of benzene rings is 1. The summed E-state index contributed by atoms with van der Waals surface area (Å²) in [4.78, 5) is 27.5. The number of hydrogen-bond donors (Lipinski definition) is 2. The molecule has 0 fully saturated rings. The number of aromatic nitrogens is 1. The van der Waals surface area contributed by atoms with Gasteiger partial charge in [-0.05, 0) is 24.3 Å². The maximum absolute atomic E-state index is 12.2. The van der Waals surface area contributed by atoms with Gasteiger partial charge in [0.2, 0.25) is 5.91 Å². The van der Waals surface area contributed by atoms with E-state index in [-0.39, 0.29) is 11.8 Å². The summed E-state index contributed by atoms with van der Waals surface area (Å²) in [6.45, 7) is 1.76. The molecule has 0 atom stereocenters. The van der Waals surface area contributed by atoms with Crippen LogP contribution < -0.4 is 10.6 Å². The van der Waals surface area contributed by atoms with Gasteiger partial charge >= 0.3 is 0 Å². The summed E-state index contributed by atoms with van der Waals surface area (Å²) in [5.41, 5.74) is 0.991. The van der Waals surface area contributed by atoms with E-state index in [9.17, 15) is 9.59 Å². The SMILES string of the molecule is CC(=O)NCc1ccc(-c2csc(NC(=O)c3ccccc3Cl)n2)o1. The van der Waals surface area contributed by atoms with Gasteiger partial charge in [-0.15, -0.1) is 11.3 Å². The molecule has 3 rings (SSSR count). The molecule has 128 valence electrons. The number of nitrogens with one attached hydrogen (secondary N) is 2. The molecule has 3 aromatic rings. The number of carbonyl (C=O) groups is 2. The zero-order valence-corrected chi connectivity index (χ0v) is 14.8. The third-order valence-electron chi connectivity index (χ3n) is 3.27. The van der Waals surface area contributed by atoms with Crippen molar-refractivity contribution < 1.29 is 14.0 Å². The van der Waals surface area contributed by atoms with Crippen LogP contribution in [0.4, 0.5) is 5.13 Å². The third kappa shape index (κ3) is 4.26. The van der Waals surface area contributed by atoms with Crippen molar-refractivity contribution in [2.45, 2.75) is 13.5 Å². The Labute approximate surface area is 152 Å². The van der Waals surface area contributed by atoms with Crippen LogP contribution in [0.1, 0.15) is 23.0 Å². The molecule has 0 aliphatic carbocycles. The number of thiazole rings is 1. The second-order valence-electron chi connectivity index (χ2n) is 5.15. The molecule has 8 heteroatoms. The minimum absolute atomic E-state index is 0.129. The zero-order valence-electron chi connectivity index (χ0n) is 13.2. The van der Waals surface area contributed by atoms with Crippen molar-refractivity contribution in [2.75, 3.05) is 5.32 Å². The molecular formula is C17H14ClN3O3S. The zero-order chi connectivity index (χ0) is 17.8. The molecule has 0 saturated carbocycles. The van der Waals surface area contributed by atoms with E-state index in [4.69, 9.17) is 16.0 Å². The quantitative estimate of drug-likeness (QED) is 0.707. The van der Waals surface area contributed by atoms with Gasteiger partial charge in [-0.1, -0.05) is 23.7 Å². The molecule has 0 radical (unpaired) electrons. The van der Waals surface area contributed by atoms with E-state index in [2.05, 4.69) is 15.6 Å². The number of nitrogens with zero attached hydrogens (tertiary/aromatic N) is 1. The van der Waals surface area contributed by atoms with E-state index in [1.807, 2.05) is 0 Å². The topological polar surface area (TPSA) is 84.2 Å². The smallest absolute Gasteiger partial charge is 0.258 e. The predicted molar refractivity (Wildman–Crippen MR) is 96.7 cm³/mol. The molecule has 0 spiro atoms. The minimum Gasteiger partial charge on any atom is -0.458 e. The number of hydrogen-bond acceptors (Lipinski definition) is 5. The molecule has 0 saturated heterocycles. The number of rotatable bonds is 5. The fourth-order valence-corrected chi connectivity index (χ4v) is 2.99. The number of anilines is 1. The highest BCUT2D eigenvalue weighted by Gasteiger charge is 2.14. The van der Waals surface area contributed by atoms with Crippen molar-refractivity contribution in [2.24, 2.45) is 0 Å². The number of carbonyl (C=O) groups excluding carboxylic acids is 2. The number of amides is 2. The van der Waals surface area contributed by atoms with E-state index in [1.54, 1.807) is 41.8 Å².